The molecule has 0 saturated carbocycles. The largest absolute Gasteiger partial charge is 0.394 e. The maximum absolute atomic E-state index is 3.11. The zero-order valence-electron chi connectivity index (χ0n) is 8.28. The Hall–Kier alpha value is -0.395. The van der Waals surface area contributed by atoms with E-state index in [1.165, 1.54) is 20.0 Å². The van der Waals surface area contributed by atoms with Crippen molar-refractivity contribution in [3.05, 3.63) is 11.8 Å². The summed E-state index contributed by atoms with van der Waals surface area (Å²) in [4.78, 5) is 0. The Kier molecular flexibility index (Phi) is 6.10. The van der Waals surface area contributed by atoms with E-state index in [4.69, 9.17) is 0 Å². The van der Waals surface area contributed by atoms with Gasteiger partial charge in [-0.05, 0) is 18.5 Å². The van der Waals surface area contributed by atoms with E-state index < -0.39 is 0 Å². The van der Waals surface area contributed by atoms with E-state index >= 15 is 0 Å². The zero-order chi connectivity index (χ0) is 8.69. The Bertz CT molecular complexity index is 121. The monoisotopic (exact) mass is 153 g/mol. The lowest BCUT2D eigenvalue weighted by Gasteiger charge is -2.12. The molecule has 0 aromatic carbocycles. The molecule has 1 nitrogen and oxygen atoms in total. The average molecular weight is 153 g/mol. The molecule has 1 atom stereocenters. The number of nitrogens with one attached hydrogen (secondary N) is 1. The normalized spacial score (nSPS) is 14.4. The van der Waals surface area contributed by atoms with Crippen LogP contribution in [0.25, 0.3) is 0 Å². The van der Waals surface area contributed by atoms with Gasteiger partial charge in [-0.25, -0.2) is 0 Å². The summed E-state index contributed by atoms with van der Waals surface area (Å²) in [5, 5.41) is 3.11. The molecule has 0 radical (unpaired) electrons. The second-order valence-electron chi connectivity index (χ2n) is 3.07. The third kappa shape index (κ3) is 4.12. The molecule has 0 aromatic heterocycles. The van der Waals surface area contributed by atoms with Crippen LogP contribution in [0.5, 0.6) is 0 Å². The van der Waals surface area contributed by atoms with Crippen molar-refractivity contribution in [3.63, 3.8) is 0 Å². The van der Waals surface area contributed by atoms with Gasteiger partial charge in [0.1, 0.15) is 7.28 Å². The Balaban J connectivity index is 3.97. The standard InChI is InChI=1S/C9H20BN/c1-5-8(2)9(6-10-3)7-11-4/h7-8,10-11H,5-6H2,1-4H3/b9-7-. The Labute approximate surface area is 71.5 Å². The second kappa shape index (κ2) is 6.32. The van der Waals surface area contributed by atoms with Crippen molar-refractivity contribution in [2.45, 2.75) is 33.4 Å². The first-order valence-corrected chi connectivity index (χ1v) is 4.62. The zero-order valence-corrected chi connectivity index (χ0v) is 8.28. The predicted molar refractivity (Wildman–Crippen MR) is 54.4 cm³/mol. The molecule has 11 heavy (non-hydrogen) atoms. The molecule has 0 aromatic rings. The van der Waals surface area contributed by atoms with Gasteiger partial charge in [0.05, 0.1) is 0 Å². The van der Waals surface area contributed by atoms with Crippen LogP contribution in [-0.2, 0) is 0 Å². The smallest absolute Gasteiger partial charge is 0.122 e. The molecule has 1 N–H and O–H groups in total. The SMILES string of the molecule is CBC/C(=C/NC)C(C)CC. The van der Waals surface area contributed by atoms with E-state index in [2.05, 4.69) is 32.2 Å². The minimum absolute atomic E-state index is 0.738. The van der Waals surface area contributed by atoms with E-state index in [9.17, 15) is 0 Å². The van der Waals surface area contributed by atoms with Crippen LogP contribution in [0, 0.1) is 5.92 Å². The molecule has 0 amide bonds. The van der Waals surface area contributed by atoms with Crippen LogP contribution < -0.4 is 5.32 Å². The Morgan fingerprint density at radius 1 is 1.64 bits per heavy atom. The fourth-order valence-corrected chi connectivity index (χ4v) is 1.20. The summed E-state index contributed by atoms with van der Waals surface area (Å²) < 4.78 is 0. The van der Waals surface area contributed by atoms with Crippen molar-refractivity contribution in [2.24, 2.45) is 5.92 Å². The van der Waals surface area contributed by atoms with Crippen molar-refractivity contribution in [2.75, 3.05) is 7.05 Å². The first-order valence-electron chi connectivity index (χ1n) is 4.62. The number of hydrogen-bond donors (Lipinski definition) is 1. The van der Waals surface area contributed by atoms with Crippen LogP contribution in [0.3, 0.4) is 0 Å². The van der Waals surface area contributed by atoms with Gasteiger partial charge in [0, 0.05) is 7.05 Å². The topological polar surface area (TPSA) is 12.0 Å². The summed E-state index contributed by atoms with van der Waals surface area (Å²) in [6, 6.07) is 0. The fourth-order valence-electron chi connectivity index (χ4n) is 1.20. The van der Waals surface area contributed by atoms with Gasteiger partial charge in [-0.2, -0.15) is 0 Å². The predicted octanol–water partition coefficient (Wildman–Crippen LogP) is 2.04. The van der Waals surface area contributed by atoms with Crippen molar-refractivity contribution in [1.29, 1.82) is 0 Å². The van der Waals surface area contributed by atoms with Crippen LogP contribution in [-0.4, -0.2) is 14.3 Å². The summed E-state index contributed by atoms with van der Waals surface area (Å²) in [7, 11) is 3.22. The highest BCUT2D eigenvalue weighted by atomic mass is 14.8. The van der Waals surface area contributed by atoms with Gasteiger partial charge < -0.3 is 5.32 Å². The summed E-state index contributed by atoms with van der Waals surface area (Å²) in [5.41, 5.74) is 1.55. The van der Waals surface area contributed by atoms with Gasteiger partial charge in [0.2, 0.25) is 0 Å². The van der Waals surface area contributed by atoms with Crippen molar-refractivity contribution in [1.82, 2.24) is 5.32 Å². The highest BCUT2D eigenvalue weighted by Gasteiger charge is 2.04. The maximum Gasteiger partial charge on any atom is 0.122 e. The molecule has 1 unspecified atom stereocenters. The van der Waals surface area contributed by atoms with Crippen LogP contribution in [0.4, 0.5) is 0 Å². The third-order valence-corrected chi connectivity index (χ3v) is 2.11. The lowest BCUT2D eigenvalue weighted by atomic mass is 9.72. The Morgan fingerprint density at radius 2 is 2.27 bits per heavy atom. The van der Waals surface area contributed by atoms with Gasteiger partial charge in [0.15, 0.2) is 0 Å². The first-order chi connectivity index (χ1) is 5.26. The number of rotatable bonds is 5. The molecule has 0 aliphatic rings. The molecular weight excluding hydrogens is 133 g/mol. The minimum atomic E-state index is 0.738. The van der Waals surface area contributed by atoms with Gasteiger partial charge in [-0.3, -0.25) is 0 Å². The first kappa shape index (κ1) is 10.6. The summed E-state index contributed by atoms with van der Waals surface area (Å²) in [5.74, 6) is 0.738. The van der Waals surface area contributed by atoms with Gasteiger partial charge in [-0.1, -0.05) is 32.6 Å². The lowest BCUT2D eigenvalue weighted by Crippen LogP contribution is -2.05. The van der Waals surface area contributed by atoms with E-state index in [1.807, 2.05) is 7.05 Å². The van der Waals surface area contributed by atoms with Crippen molar-refractivity contribution < 1.29 is 0 Å². The molecule has 2 heteroatoms. The van der Waals surface area contributed by atoms with E-state index in [1.54, 1.807) is 5.57 Å². The summed E-state index contributed by atoms with van der Waals surface area (Å²) in [6.45, 7) is 6.76. The molecule has 0 rings (SSSR count). The molecule has 0 bridgehead atoms. The van der Waals surface area contributed by atoms with Gasteiger partial charge in [-0.15, -0.1) is 0 Å². The van der Waals surface area contributed by atoms with E-state index in [-0.39, 0.29) is 0 Å². The van der Waals surface area contributed by atoms with Crippen molar-refractivity contribution >= 4 is 7.28 Å². The van der Waals surface area contributed by atoms with Gasteiger partial charge >= 0.3 is 0 Å². The highest BCUT2D eigenvalue weighted by molar-refractivity contribution is 6.34. The molecule has 0 aliphatic heterocycles. The molecule has 64 valence electrons. The van der Waals surface area contributed by atoms with Crippen LogP contribution in [0.1, 0.15) is 20.3 Å². The van der Waals surface area contributed by atoms with Crippen LogP contribution in [0.15, 0.2) is 11.8 Å². The molecular formula is C9H20BN. The van der Waals surface area contributed by atoms with Crippen LogP contribution >= 0.6 is 0 Å². The Morgan fingerprint density at radius 3 is 2.64 bits per heavy atom. The highest BCUT2D eigenvalue weighted by Crippen LogP contribution is 2.16. The minimum Gasteiger partial charge on any atom is -0.394 e. The lowest BCUT2D eigenvalue weighted by molar-refractivity contribution is 0.649. The quantitative estimate of drug-likeness (QED) is 0.596. The fraction of sp³-hybridized carbons (Fsp3) is 0.778. The van der Waals surface area contributed by atoms with Gasteiger partial charge in [0.25, 0.3) is 0 Å². The maximum atomic E-state index is 3.11. The summed E-state index contributed by atoms with van der Waals surface area (Å²) in [6.07, 6.45) is 4.63. The molecule has 0 aliphatic carbocycles. The second-order valence-corrected chi connectivity index (χ2v) is 3.07. The van der Waals surface area contributed by atoms with Crippen LogP contribution in [0.2, 0.25) is 13.1 Å². The average Bonchev–Trinajstić information content (AvgIpc) is 2.03. The third-order valence-electron chi connectivity index (χ3n) is 2.11. The molecule has 0 fully saturated rings. The molecule has 0 saturated heterocycles. The molecule has 0 spiro atoms. The van der Waals surface area contributed by atoms with E-state index in [0.29, 0.717) is 0 Å². The summed E-state index contributed by atoms with van der Waals surface area (Å²) >= 11 is 0. The number of hydrogen-bond acceptors (Lipinski definition) is 1. The van der Waals surface area contributed by atoms with E-state index in [0.717, 1.165) is 5.92 Å². The number of allylic oxidation sites excluding steroid dienone is 1. The molecule has 0 heterocycles. The van der Waals surface area contributed by atoms with Crippen molar-refractivity contribution in [3.8, 4) is 0 Å².